The molecule has 2 aromatic rings. The molecule has 0 aliphatic heterocycles. The third-order valence-electron chi connectivity index (χ3n) is 3.00. The highest BCUT2D eigenvalue weighted by Gasteiger charge is 2.20. The van der Waals surface area contributed by atoms with E-state index in [9.17, 15) is 19.1 Å². The van der Waals surface area contributed by atoms with Gasteiger partial charge in [-0.15, -0.1) is 0 Å². The summed E-state index contributed by atoms with van der Waals surface area (Å²) in [6, 6.07) is 10.6. The van der Waals surface area contributed by atoms with E-state index in [1.165, 1.54) is 0 Å². The highest BCUT2D eigenvalue weighted by molar-refractivity contribution is 6.01. The predicted octanol–water partition coefficient (Wildman–Crippen LogP) is 2.74. The molecule has 1 N–H and O–H groups in total. The number of methoxy groups -OCH3 is 1. The number of halogens is 1. The summed E-state index contributed by atoms with van der Waals surface area (Å²) < 4.78 is 18.3. The Morgan fingerprint density at radius 2 is 1.81 bits per heavy atom. The number of aromatic hydroxyl groups is 1. The summed E-state index contributed by atoms with van der Waals surface area (Å²) in [4.78, 5) is 23.6. The average Bonchev–Trinajstić information content (AvgIpc) is 2.47. The Hall–Kier alpha value is -2.69. The quantitative estimate of drug-likeness (QED) is 0.694. The van der Waals surface area contributed by atoms with Crippen LogP contribution in [-0.2, 0) is 11.2 Å². The second-order valence-electron chi connectivity index (χ2n) is 4.43. The van der Waals surface area contributed by atoms with Crippen LogP contribution in [0.1, 0.15) is 26.3 Å². The number of carbonyl (C=O) groups is 2. The normalized spacial score (nSPS) is 10.2. The molecule has 0 unspecified atom stereocenters. The molecule has 0 radical (unpaired) electrons. The summed E-state index contributed by atoms with van der Waals surface area (Å²) in [6.07, 6.45) is 0.00312. The van der Waals surface area contributed by atoms with Gasteiger partial charge in [0.2, 0.25) is 0 Å². The summed E-state index contributed by atoms with van der Waals surface area (Å²) in [5.74, 6) is -2.75. The summed E-state index contributed by atoms with van der Waals surface area (Å²) in [5.41, 5.74) is 0.238. The highest BCUT2D eigenvalue weighted by Crippen LogP contribution is 2.23. The number of esters is 1. The summed E-state index contributed by atoms with van der Waals surface area (Å²) >= 11 is 0. The first kappa shape index (κ1) is 14.7. The first-order chi connectivity index (χ1) is 10.0. The third-order valence-corrected chi connectivity index (χ3v) is 3.00. The molecule has 0 saturated carbocycles. The van der Waals surface area contributed by atoms with Crippen molar-refractivity contribution in [1.29, 1.82) is 0 Å². The fraction of sp³-hybridized carbons (Fsp3) is 0.125. The lowest BCUT2D eigenvalue weighted by Gasteiger charge is -2.07. The van der Waals surface area contributed by atoms with Gasteiger partial charge in [-0.3, -0.25) is 4.79 Å². The number of phenolic OH excluding ortho intramolecular Hbond substituents is 1. The van der Waals surface area contributed by atoms with E-state index >= 15 is 0 Å². The Morgan fingerprint density at radius 3 is 2.43 bits per heavy atom. The van der Waals surface area contributed by atoms with Crippen LogP contribution in [0.25, 0.3) is 0 Å². The minimum Gasteiger partial charge on any atom is -0.507 e. The van der Waals surface area contributed by atoms with Crippen LogP contribution in [0.3, 0.4) is 0 Å². The second-order valence-corrected chi connectivity index (χ2v) is 4.43. The number of phenols is 1. The van der Waals surface area contributed by atoms with Crippen molar-refractivity contribution in [2.45, 2.75) is 6.42 Å². The van der Waals surface area contributed by atoms with Crippen LogP contribution in [0.2, 0.25) is 0 Å². The Balaban J connectivity index is 2.34. The fourth-order valence-electron chi connectivity index (χ4n) is 1.93. The molecule has 0 saturated heterocycles. The van der Waals surface area contributed by atoms with Crippen LogP contribution in [0.5, 0.6) is 5.75 Å². The molecular weight excluding hydrogens is 275 g/mol. The number of hydrogen-bond donors (Lipinski definition) is 1. The highest BCUT2D eigenvalue weighted by atomic mass is 19.1. The van der Waals surface area contributed by atoms with Gasteiger partial charge in [0.25, 0.3) is 0 Å². The molecule has 5 heteroatoms. The molecule has 4 nitrogen and oxygen atoms in total. The maximum atomic E-state index is 13.8. The molecule has 2 rings (SSSR count). The van der Waals surface area contributed by atoms with Crippen molar-refractivity contribution in [3.63, 3.8) is 0 Å². The molecule has 0 amide bonds. The molecule has 2 aromatic carbocycles. The van der Waals surface area contributed by atoms with Crippen LogP contribution in [0.15, 0.2) is 42.5 Å². The van der Waals surface area contributed by atoms with Gasteiger partial charge in [-0.05, 0) is 11.6 Å². The molecule has 0 atom stereocenters. The molecular formula is C16H13FO4. The molecule has 108 valence electrons. The Bertz CT molecular complexity index is 680. The molecule has 0 aromatic heterocycles. The van der Waals surface area contributed by atoms with Crippen molar-refractivity contribution in [3.05, 3.63) is 65.0 Å². The van der Waals surface area contributed by atoms with Gasteiger partial charge in [0.15, 0.2) is 5.78 Å². The van der Waals surface area contributed by atoms with Gasteiger partial charge >= 0.3 is 5.97 Å². The van der Waals surface area contributed by atoms with E-state index in [1.54, 1.807) is 24.3 Å². The van der Waals surface area contributed by atoms with Crippen molar-refractivity contribution >= 4 is 11.8 Å². The van der Waals surface area contributed by atoms with Crippen LogP contribution in [0.4, 0.5) is 4.39 Å². The smallest absolute Gasteiger partial charge is 0.341 e. The van der Waals surface area contributed by atoms with E-state index in [-0.39, 0.29) is 17.5 Å². The van der Waals surface area contributed by atoms with E-state index < -0.39 is 23.3 Å². The average molecular weight is 288 g/mol. The molecule has 0 heterocycles. The van der Waals surface area contributed by atoms with E-state index in [2.05, 4.69) is 4.74 Å². The van der Waals surface area contributed by atoms with Gasteiger partial charge in [-0.25, -0.2) is 9.18 Å². The van der Waals surface area contributed by atoms with Crippen molar-refractivity contribution in [1.82, 2.24) is 0 Å². The van der Waals surface area contributed by atoms with E-state index in [0.717, 1.165) is 24.8 Å². The molecule has 0 aliphatic carbocycles. The second kappa shape index (κ2) is 6.17. The first-order valence-corrected chi connectivity index (χ1v) is 6.21. The number of benzene rings is 2. The number of Topliss-reactive ketones (excluding diaryl/α,β-unsaturated/α-hetero) is 1. The Kier molecular flexibility index (Phi) is 4.33. The SMILES string of the molecule is COC(=O)c1cc(C(=O)Cc2ccccc2)c(F)cc1O. The van der Waals surface area contributed by atoms with Crippen LogP contribution >= 0.6 is 0 Å². The minimum absolute atomic E-state index is 0.00312. The van der Waals surface area contributed by atoms with Gasteiger partial charge in [0.1, 0.15) is 17.1 Å². The zero-order valence-corrected chi connectivity index (χ0v) is 11.3. The van der Waals surface area contributed by atoms with Crippen molar-refractivity contribution in [3.8, 4) is 5.75 Å². The van der Waals surface area contributed by atoms with Crippen LogP contribution in [0, 0.1) is 5.82 Å². The number of rotatable bonds is 4. The summed E-state index contributed by atoms with van der Waals surface area (Å²) in [7, 11) is 1.14. The van der Waals surface area contributed by atoms with Gasteiger partial charge in [0, 0.05) is 12.5 Å². The molecule has 0 bridgehead atoms. The topological polar surface area (TPSA) is 63.6 Å². The van der Waals surface area contributed by atoms with Crippen LogP contribution in [-0.4, -0.2) is 24.0 Å². The lowest BCUT2D eigenvalue weighted by molar-refractivity contribution is 0.0597. The monoisotopic (exact) mass is 288 g/mol. The Morgan fingerprint density at radius 1 is 1.14 bits per heavy atom. The lowest BCUT2D eigenvalue weighted by Crippen LogP contribution is -2.10. The van der Waals surface area contributed by atoms with Gasteiger partial charge in [0.05, 0.1) is 12.7 Å². The zero-order chi connectivity index (χ0) is 15.4. The minimum atomic E-state index is -0.874. The van der Waals surface area contributed by atoms with Crippen LogP contribution < -0.4 is 0 Å². The van der Waals surface area contributed by atoms with E-state index in [1.807, 2.05) is 6.07 Å². The summed E-state index contributed by atoms with van der Waals surface area (Å²) in [5, 5.41) is 9.54. The van der Waals surface area contributed by atoms with Gasteiger partial charge in [-0.1, -0.05) is 30.3 Å². The van der Waals surface area contributed by atoms with Crippen molar-refractivity contribution < 1.29 is 23.8 Å². The Labute approximate surface area is 120 Å². The lowest BCUT2D eigenvalue weighted by atomic mass is 10.00. The number of hydrogen-bond acceptors (Lipinski definition) is 4. The maximum Gasteiger partial charge on any atom is 0.341 e. The maximum absolute atomic E-state index is 13.8. The molecule has 0 fully saturated rings. The molecule has 0 spiro atoms. The largest absolute Gasteiger partial charge is 0.507 e. The number of carbonyl (C=O) groups excluding carboxylic acids is 2. The molecule has 0 aliphatic rings. The first-order valence-electron chi connectivity index (χ1n) is 6.21. The van der Waals surface area contributed by atoms with E-state index in [0.29, 0.717) is 0 Å². The standard InChI is InChI=1S/C16H13FO4/c1-21-16(20)12-8-11(13(17)9-15(12)19)14(18)7-10-5-3-2-4-6-10/h2-6,8-9,19H,7H2,1H3. The fourth-order valence-corrected chi connectivity index (χ4v) is 1.93. The predicted molar refractivity (Wildman–Crippen MR) is 73.9 cm³/mol. The van der Waals surface area contributed by atoms with E-state index in [4.69, 9.17) is 0 Å². The van der Waals surface area contributed by atoms with Crippen molar-refractivity contribution in [2.75, 3.05) is 7.11 Å². The zero-order valence-electron chi connectivity index (χ0n) is 11.3. The molecule has 21 heavy (non-hydrogen) atoms. The third kappa shape index (κ3) is 3.25. The summed E-state index contributed by atoms with van der Waals surface area (Å²) in [6.45, 7) is 0. The number of ether oxygens (including phenoxy) is 1. The van der Waals surface area contributed by atoms with Crippen molar-refractivity contribution in [2.24, 2.45) is 0 Å². The number of ketones is 1. The van der Waals surface area contributed by atoms with Gasteiger partial charge < -0.3 is 9.84 Å². The van der Waals surface area contributed by atoms with Gasteiger partial charge in [-0.2, -0.15) is 0 Å².